The summed E-state index contributed by atoms with van der Waals surface area (Å²) in [6.07, 6.45) is 7.02. The fourth-order valence-corrected chi connectivity index (χ4v) is 1.33. The first-order chi connectivity index (χ1) is 5.86. The smallest absolute Gasteiger partial charge is 0.138 e. The number of nitrogens with one attached hydrogen (secondary N) is 1. The van der Waals surface area contributed by atoms with Crippen molar-refractivity contribution in [3.05, 3.63) is 35.3 Å². The third-order valence-corrected chi connectivity index (χ3v) is 1.91. The van der Waals surface area contributed by atoms with Gasteiger partial charge in [0.25, 0.3) is 0 Å². The lowest BCUT2D eigenvalue weighted by molar-refractivity contribution is 1.25. The van der Waals surface area contributed by atoms with Gasteiger partial charge in [0.05, 0.1) is 0 Å². The Kier molecular flexibility index (Phi) is 1.91. The second-order valence-electron chi connectivity index (χ2n) is 2.33. The first-order valence-electron chi connectivity index (χ1n) is 3.46. The lowest BCUT2D eigenvalue weighted by Gasteiger charge is -1.95. The van der Waals surface area contributed by atoms with Crippen molar-refractivity contribution in [1.29, 1.82) is 0 Å². The largest absolute Gasteiger partial charge is 0.345 e. The van der Waals surface area contributed by atoms with Crippen molar-refractivity contribution in [3.8, 4) is 11.4 Å². The van der Waals surface area contributed by atoms with E-state index in [4.69, 9.17) is 0 Å². The zero-order chi connectivity index (χ0) is 8.39. The van der Waals surface area contributed by atoms with E-state index >= 15 is 0 Å². The van der Waals surface area contributed by atoms with Crippen LogP contribution < -0.4 is 0 Å². The Bertz CT molecular complexity index is 370. The number of hydrogen-bond donors (Lipinski definition) is 1. The lowest BCUT2D eigenvalue weighted by Crippen LogP contribution is -1.81. The average Bonchev–Trinajstić information content (AvgIpc) is 2.56. The standard InChI is InChI=1S/C8H6BrN3/c9-7-3-6(4-10-5-7)8-11-1-2-12-8/h1-5H,(H,11,12). The Morgan fingerprint density at radius 2 is 2.25 bits per heavy atom. The van der Waals surface area contributed by atoms with Gasteiger partial charge in [0.1, 0.15) is 5.82 Å². The Balaban J connectivity index is 2.48. The van der Waals surface area contributed by atoms with Gasteiger partial charge in [0.2, 0.25) is 0 Å². The van der Waals surface area contributed by atoms with Crippen LogP contribution in [0.5, 0.6) is 0 Å². The maximum absolute atomic E-state index is 4.11. The molecule has 2 aromatic rings. The Hall–Kier alpha value is -1.16. The minimum absolute atomic E-state index is 0.837. The van der Waals surface area contributed by atoms with Gasteiger partial charge in [-0.15, -0.1) is 0 Å². The number of halogens is 1. The fourth-order valence-electron chi connectivity index (χ4n) is 0.965. The third-order valence-electron chi connectivity index (χ3n) is 1.48. The second kappa shape index (κ2) is 3.06. The molecule has 0 saturated heterocycles. The van der Waals surface area contributed by atoms with Crippen LogP contribution in [0.15, 0.2) is 35.3 Å². The quantitative estimate of drug-likeness (QED) is 0.806. The Morgan fingerprint density at radius 3 is 2.92 bits per heavy atom. The maximum atomic E-state index is 4.11. The zero-order valence-electron chi connectivity index (χ0n) is 6.16. The molecule has 0 bridgehead atoms. The van der Waals surface area contributed by atoms with Gasteiger partial charge in [-0.25, -0.2) is 4.98 Å². The van der Waals surface area contributed by atoms with Crippen LogP contribution in [0, 0.1) is 0 Å². The SMILES string of the molecule is Brc1cncc(-c2ncc[nH]2)c1. The number of rotatable bonds is 1. The van der Waals surface area contributed by atoms with Gasteiger partial charge in [-0.3, -0.25) is 4.98 Å². The molecular weight excluding hydrogens is 218 g/mol. The normalized spacial score (nSPS) is 10.1. The predicted octanol–water partition coefficient (Wildman–Crippen LogP) is 2.23. The summed E-state index contributed by atoms with van der Waals surface area (Å²) in [5.74, 6) is 0.837. The fraction of sp³-hybridized carbons (Fsp3) is 0. The number of pyridine rings is 1. The van der Waals surface area contributed by atoms with Crippen molar-refractivity contribution in [1.82, 2.24) is 15.0 Å². The summed E-state index contributed by atoms with van der Waals surface area (Å²) in [6, 6.07) is 1.96. The Labute approximate surface area is 78.0 Å². The van der Waals surface area contributed by atoms with E-state index in [0.29, 0.717) is 0 Å². The number of H-pyrrole nitrogens is 1. The molecule has 0 aliphatic carbocycles. The van der Waals surface area contributed by atoms with Crippen LogP contribution in [0.1, 0.15) is 0 Å². The van der Waals surface area contributed by atoms with E-state index in [2.05, 4.69) is 30.9 Å². The highest BCUT2D eigenvalue weighted by Crippen LogP contribution is 2.17. The molecule has 3 nitrogen and oxygen atoms in total. The van der Waals surface area contributed by atoms with Crippen LogP contribution in [-0.2, 0) is 0 Å². The molecule has 0 aliphatic heterocycles. The first-order valence-corrected chi connectivity index (χ1v) is 4.26. The second-order valence-corrected chi connectivity index (χ2v) is 3.25. The number of nitrogens with zero attached hydrogens (tertiary/aromatic N) is 2. The molecular formula is C8H6BrN3. The molecule has 0 unspecified atom stereocenters. The molecule has 2 heterocycles. The molecule has 4 heteroatoms. The average molecular weight is 224 g/mol. The number of aromatic nitrogens is 3. The van der Waals surface area contributed by atoms with Crippen molar-refractivity contribution in [2.75, 3.05) is 0 Å². The van der Waals surface area contributed by atoms with E-state index < -0.39 is 0 Å². The van der Waals surface area contributed by atoms with E-state index in [0.717, 1.165) is 15.9 Å². The lowest BCUT2D eigenvalue weighted by atomic mass is 10.3. The third kappa shape index (κ3) is 1.38. The molecule has 60 valence electrons. The molecule has 2 aromatic heterocycles. The minimum atomic E-state index is 0.837. The molecule has 1 N–H and O–H groups in total. The molecule has 0 fully saturated rings. The summed E-state index contributed by atoms with van der Waals surface area (Å²) in [6.45, 7) is 0. The predicted molar refractivity (Wildman–Crippen MR) is 49.5 cm³/mol. The topological polar surface area (TPSA) is 41.6 Å². The van der Waals surface area contributed by atoms with Gasteiger partial charge < -0.3 is 4.98 Å². The molecule has 0 aliphatic rings. The van der Waals surface area contributed by atoms with Crippen molar-refractivity contribution in [2.24, 2.45) is 0 Å². The molecule has 0 saturated carbocycles. The number of imidazole rings is 1. The first kappa shape index (κ1) is 7.49. The van der Waals surface area contributed by atoms with Crippen molar-refractivity contribution < 1.29 is 0 Å². The summed E-state index contributed by atoms with van der Waals surface area (Å²) in [5.41, 5.74) is 0.981. The van der Waals surface area contributed by atoms with Crippen molar-refractivity contribution in [3.63, 3.8) is 0 Å². The van der Waals surface area contributed by atoms with Crippen LogP contribution in [-0.4, -0.2) is 15.0 Å². The highest BCUT2D eigenvalue weighted by molar-refractivity contribution is 9.10. The van der Waals surface area contributed by atoms with Gasteiger partial charge >= 0.3 is 0 Å². The van der Waals surface area contributed by atoms with Crippen LogP contribution in [0.3, 0.4) is 0 Å². The van der Waals surface area contributed by atoms with E-state index in [1.54, 1.807) is 24.8 Å². The van der Waals surface area contributed by atoms with Crippen LogP contribution in [0.4, 0.5) is 0 Å². The summed E-state index contributed by atoms with van der Waals surface area (Å²) in [4.78, 5) is 11.2. The van der Waals surface area contributed by atoms with Gasteiger partial charge in [-0.05, 0) is 22.0 Å². The molecule has 2 rings (SSSR count). The summed E-state index contributed by atoms with van der Waals surface area (Å²) in [5, 5.41) is 0. The minimum Gasteiger partial charge on any atom is -0.345 e. The van der Waals surface area contributed by atoms with Gasteiger partial charge in [0, 0.05) is 34.8 Å². The molecule has 0 aromatic carbocycles. The van der Waals surface area contributed by atoms with E-state index in [-0.39, 0.29) is 0 Å². The van der Waals surface area contributed by atoms with E-state index in [1.807, 2.05) is 6.07 Å². The summed E-state index contributed by atoms with van der Waals surface area (Å²) in [7, 11) is 0. The maximum Gasteiger partial charge on any atom is 0.138 e. The monoisotopic (exact) mass is 223 g/mol. The highest BCUT2D eigenvalue weighted by atomic mass is 79.9. The molecule has 0 atom stereocenters. The van der Waals surface area contributed by atoms with E-state index in [1.165, 1.54) is 0 Å². The van der Waals surface area contributed by atoms with E-state index in [9.17, 15) is 0 Å². The van der Waals surface area contributed by atoms with Crippen molar-refractivity contribution in [2.45, 2.75) is 0 Å². The van der Waals surface area contributed by atoms with Gasteiger partial charge in [-0.1, -0.05) is 0 Å². The summed E-state index contributed by atoms with van der Waals surface area (Å²) < 4.78 is 0.955. The molecule has 0 amide bonds. The highest BCUT2D eigenvalue weighted by Gasteiger charge is 1.99. The number of hydrogen-bond acceptors (Lipinski definition) is 2. The molecule has 0 spiro atoms. The van der Waals surface area contributed by atoms with Gasteiger partial charge in [-0.2, -0.15) is 0 Å². The van der Waals surface area contributed by atoms with Crippen LogP contribution >= 0.6 is 15.9 Å². The van der Waals surface area contributed by atoms with Gasteiger partial charge in [0.15, 0.2) is 0 Å². The van der Waals surface area contributed by atoms with Crippen molar-refractivity contribution >= 4 is 15.9 Å². The number of aromatic amines is 1. The van der Waals surface area contributed by atoms with Crippen LogP contribution in [0.2, 0.25) is 0 Å². The summed E-state index contributed by atoms with van der Waals surface area (Å²) >= 11 is 3.34. The zero-order valence-corrected chi connectivity index (χ0v) is 7.75. The molecule has 12 heavy (non-hydrogen) atoms. The Morgan fingerprint density at radius 1 is 1.33 bits per heavy atom. The molecule has 0 radical (unpaired) electrons. The van der Waals surface area contributed by atoms with Crippen LogP contribution in [0.25, 0.3) is 11.4 Å².